The van der Waals surface area contributed by atoms with Crippen molar-refractivity contribution in [3.8, 4) is 11.1 Å². The van der Waals surface area contributed by atoms with Crippen LogP contribution >= 0.6 is 0 Å². The molecule has 1 aliphatic carbocycles. The van der Waals surface area contributed by atoms with Crippen molar-refractivity contribution in [3.05, 3.63) is 211 Å². The molecule has 8 aromatic carbocycles. The van der Waals surface area contributed by atoms with Gasteiger partial charge in [-0.2, -0.15) is 0 Å². The van der Waals surface area contributed by atoms with E-state index in [2.05, 4.69) is 245 Å². The molecule has 0 fully saturated rings. The molecular weight excluding hydrogens is 725 g/mol. The third-order valence-electron chi connectivity index (χ3n) is 12.0. The van der Waals surface area contributed by atoms with Crippen molar-refractivity contribution in [1.29, 1.82) is 0 Å². The summed E-state index contributed by atoms with van der Waals surface area (Å²) in [6.45, 7) is 13.7. The first-order chi connectivity index (χ1) is 29.0. The van der Waals surface area contributed by atoms with Gasteiger partial charge in [0, 0.05) is 34.1 Å². The molecule has 0 aromatic heterocycles. The van der Waals surface area contributed by atoms with Crippen molar-refractivity contribution < 1.29 is 0 Å². The van der Waals surface area contributed by atoms with Gasteiger partial charge in [0.15, 0.2) is 0 Å². The van der Waals surface area contributed by atoms with Crippen LogP contribution in [-0.4, -0.2) is 0 Å². The minimum absolute atomic E-state index is 0.0684. The third-order valence-corrected chi connectivity index (χ3v) is 12.0. The molecule has 0 atom stereocenters. The van der Waals surface area contributed by atoms with Gasteiger partial charge in [-0.15, -0.1) is 0 Å². The molecule has 0 N–H and O–H groups in total. The molecule has 0 saturated carbocycles. The Bertz CT molecular complexity index is 2840. The summed E-state index contributed by atoms with van der Waals surface area (Å²) >= 11 is 0. The smallest absolute Gasteiger partial charge is 0.0468 e. The lowest BCUT2D eigenvalue weighted by molar-refractivity contribution is 0.590. The van der Waals surface area contributed by atoms with E-state index in [0.29, 0.717) is 0 Å². The normalized spacial score (nSPS) is 13.1. The van der Waals surface area contributed by atoms with E-state index in [1.54, 1.807) is 0 Å². The monoisotopic (exact) mass is 778 g/mol. The lowest BCUT2D eigenvalue weighted by Gasteiger charge is -2.29. The average Bonchev–Trinajstić information content (AvgIpc) is 3.27. The van der Waals surface area contributed by atoms with Crippen LogP contribution in [0.4, 0.5) is 34.1 Å². The van der Waals surface area contributed by atoms with Crippen LogP contribution < -0.4 is 9.80 Å². The van der Waals surface area contributed by atoms with Crippen molar-refractivity contribution in [2.24, 2.45) is 0 Å². The van der Waals surface area contributed by atoms with Gasteiger partial charge >= 0.3 is 0 Å². The second-order valence-electron chi connectivity index (χ2n) is 18.2. The molecule has 0 bridgehead atoms. The van der Waals surface area contributed by atoms with E-state index >= 15 is 0 Å². The highest BCUT2D eigenvalue weighted by Crippen LogP contribution is 2.48. The van der Waals surface area contributed by atoms with E-state index < -0.39 is 0 Å². The van der Waals surface area contributed by atoms with E-state index in [0.717, 1.165) is 47.0 Å². The zero-order valence-electron chi connectivity index (χ0n) is 35.8. The molecule has 1 aliphatic rings. The van der Waals surface area contributed by atoms with Crippen molar-refractivity contribution in [2.75, 3.05) is 9.80 Å². The van der Waals surface area contributed by atoms with Gasteiger partial charge in [0.05, 0.1) is 0 Å². The van der Waals surface area contributed by atoms with Gasteiger partial charge < -0.3 is 9.80 Å². The highest BCUT2D eigenvalue weighted by Gasteiger charge is 2.24. The van der Waals surface area contributed by atoms with E-state index in [4.69, 9.17) is 0 Å². The van der Waals surface area contributed by atoms with E-state index in [1.165, 1.54) is 54.9 Å². The predicted molar refractivity (Wildman–Crippen MR) is 260 cm³/mol. The Labute approximate surface area is 356 Å². The Morgan fingerprint density at radius 1 is 0.383 bits per heavy atom. The first kappa shape index (κ1) is 38.9. The molecule has 0 radical (unpaired) electrons. The first-order valence-electron chi connectivity index (χ1n) is 21.4. The number of hydrogen-bond acceptors (Lipinski definition) is 2. The van der Waals surface area contributed by atoms with Gasteiger partial charge in [-0.3, -0.25) is 0 Å². The SMILES string of the molecule is CC(C)(C)c1ccc(N(c2ccccc2)c2ccc3c(-c4ccccc4)c4cc(N(c5ccccc5)c5ccc(C(C)(C)C)cc5)ccc4c(C4=CC=CCC4)c3c2)cc1. The largest absolute Gasteiger partial charge is 0.310 e. The summed E-state index contributed by atoms with van der Waals surface area (Å²) in [5.41, 5.74) is 14.7. The van der Waals surface area contributed by atoms with Gasteiger partial charge in [-0.05, 0) is 151 Å². The van der Waals surface area contributed by atoms with Crippen LogP contribution in [0.1, 0.15) is 71.1 Å². The Hall–Kier alpha value is -6.64. The number of rotatable bonds is 8. The molecule has 2 heteroatoms. The van der Waals surface area contributed by atoms with Crippen molar-refractivity contribution in [1.82, 2.24) is 0 Å². The maximum absolute atomic E-state index is 2.45. The molecule has 8 aromatic rings. The molecule has 0 amide bonds. The number of allylic oxidation sites excluding steroid dienone is 4. The van der Waals surface area contributed by atoms with Crippen LogP contribution in [0, 0.1) is 0 Å². The van der Waals surface area contributed by atoms with Crippen LogP contribution in [0.15, 0.2) is 194 Å². The molecule has 0 saturated heterocycles. The summed E-state index contributed by atoms with van der Waals surface area (Å²) in [7, 11) is 0. The number of fused-ring (bicyclic) bond motifs is 2. The van der Waals surface area contributed by atoms with Gasteiger partial charge in [0.1, 0.15) is 0 Å². The molecule has 0 aliphatic heterocycles. The fourth-order valence-corrected chi connectivity index (χ4v) is 8.82. The minimum Gasteiger partial charge on any atom is -0.310 e. The van der Waals surface area contributed by atoms with Crippen LogP contribution in [0.5, 0.6) is 0 Å². The summed E-state index contributed by atoms with van der Waals surface area (Å²) in [5.74, 6) is 0. The number of hydrogen-bond donors (Lipinski definition) is 0. The van der Waals surface area contributed by atoms with Crippen LogP contribution in [0.25, 0.3) is 38.2 Å². The molecule has 296 valence electrons. The van der Waals surface area contributed by atoms with Crippen LogP contribution in [-0.2, 0) is 10.8 Å². The fraction of sp³-hybridized carbons (Fsp3) is 0.172. The van der Waals surface area contributed by atoms with Crippen LogP contribution in [0.3, 0.4) is 0 Å². The zero-order valence-corrected chi connectivity index (χ0v) is 35.8. The highest BCUT2D eigenvalue weighted by molar-refractivity contribution is 6.20. The second kappa shape index (κ2) is 15.8. The van der Waals surface area contributed by atoms with Crippen molar-refractivity contribution in [3.63, 3.8) is 0 Å². The first-order valence-corrected chi connectivity index (χ1v) is 21.4. The minimum atomic E-state index is 0.0684. The summed E-state index contributed by atoms with van der Waals surface area (Å²) in [6.07, 6.45) is 8.88. The lowest BCUT2D eigenvalue weighted by atomic mass is 9.83. The fourth-order valence-electron chi connectivity index (χ4n) is 8.82. The standard InChI is InChI=1S/C58H54N2/c1-57(2,3)43-27-31-47(32-28-43)59(45-23-15-9-16-24-45)49-35-37-51-53(39-49)55(41-19-11-7-12-20-41)52-38-36-50(40-54(52)56(51)42-21-13-8-14-22-42)60(46-25-17-10-18-26-46)48-33-29-44(30-34-48)58(4,5)6/h7-13,15-21,23-40H,14,22H2,1-6H3. The van der Waals surface area contributed by atoms with Crippen molar-refractivity contribution in [2.45, 2.75) is 65.2 Å². The highest BCUT2D eigenvalue weighted by atomic mass is 15.1. The van der Waals surface area contributed by atoms with Crippen LogP contribution in [0.2, 0.25) is 0 Å². The van der Waals surface area contributed by atoms with E-state index in [9.17, 15) is 0 Å². The van der Waals surface area contributed by atoms with E-state index in [1.807, 2.05) is 0 Å². The number of para-hydroxylation sites is 2. The second-order valence-corrected chi connectivity index (χ2v) is 18.2. The van der Waals surface area contributed by atoms with Gasteiger partial charge in [-0.25, -0.2) is 0 Å². The molecule has 2 nitrogen and oxygen atoms in total. The van der Waals surface area contributed by atoms with Gasteiger partial charge in [-0.1, -0.05) is 163 Å². The Morgan fingerprint density at radius 3 is 1.22 bits per heavy atom. The van der Waals surface area contributed by atoms with Gasteiger partial charge in [0.2, 0.25) is 0 Å². The topological polar surface area (TPSA) is 6.48 Å². The summed E-state index contributed by atoms with van der Waals surface area (Å²) in [5, 5.41) is 5.02. The summed E-state index contributed by atoms with van der Waals surface area (Å²) < 4.78 is 0. The number of nitrogens with zero attached hydrogens (tertiary/aromatic N) is 2. The number of anilines is 6. The summed E-state index contributed by atoms with van der Waals surface area (Å²) in [6, 6.07) is 65.1. The average molecular weight is 779 g/mol. The Balaban J connectivity index is 1.32. The summed E-state index contributed by atoms with van der Waals surface area (Å²) in [4.78, 5) is 4.81. The maximum atomic E-state index is 2.45. The third kappa shape index (κ3) is 7.55. The molecule has 60 heavy (non-hydrogen) atoms. The van der Waals surface area contributed by atoms with E-state index in [-0.39, 0.29) is 10.8 Å². The molecule has 0 unspecified atom stereocenters. The van der Waals surface area contributed by atoms with Crippen molar-refractivity contribution >= 4 is 61.2 Å². The number of benzene rings is 8. The predicted octanol–water partition coefficient (Wildman–Crippen LogP) is 16.9. The molecular formula is C58H54N2. The lowest BCUT2D eigenvalue weighted by Crippen LogP contribution is -2.13. The Morgan fingerprint density at radius 2 is 0.783 bits per heavy atom. The molecule has 0 spiro atoms. The van der Waals surface area contributed by atoms with Gasteiger partial charge in [0.25, 0.3) is 0 Å². The zero-order chi connectivity index (χ0) is 41.4. The quantitative estimate of drug-likeness (QED) is 0.142. The molecule has 0 heterocycles. The maximum Gasteiger partial charge on any atom is 0.0468 e. The molecule has 9 rings (SSSR count). The Kier molecular flexibility index (Phi) is 10.3.